The fraction of sp³-hybridized carbons (Fsp3) is 0.296. The zero-order valence-corrected chi connectivity index (χ0v) is 23.3. The zero-order valence-electron chi connectivity index (χ0n) is 22.4. The Kier molecular flexibility index (Phi) is 8.87. The number of hydrogen-bond donors (Lipinski definition) is 7. The first-order valence-electron chi connectivity index (χ1n) is 12.6. The van der Waals surface area contributed by atoms with Gasteiger partial charge < -0.3 is 40.5 Å². The van der Waals surface area contributed by atoms with Crippen LogP contribution >= 0.6 is 7.82 Å². The Balaban J connectivity index is 1.84. The van der Waals surface area contributed by atoms with Gasteiger partial charge in [-0.25, -0.2) is 9.36 Å². The van der Waals surface area contributed by atoms with Gasteiger partial charge in [0, 0.05) is 23.2 Å². The SMILES string of the molecule is CCc1cc(NCCOP(=O)(O)OCC(O)CO)c2c(O)c3c(c(O)c2c1C(=O)OC)C(=O)c1cccc(O)c1C3=O. The van der Waals surface area contributed by atoms with Gasteiger partial charge in [0.15, 0.2) is 5.78 Å². The van der Waals surface area contributed by atoms with Crippen molar-refractivity contribution in [2.75, 3.05) is 38.8 Å². The van der Waals surface area contributed by atoms with Crippen molar-refractivity contribution in [3.05, 3.63) is 57.6 Å². The molecule has 0 aromatic heterocycles. The summed E-state index contributed by atoms with van der Waals surface area (Å²) in [6, 6.07) is 5.25. The zero-order chi connectivity index (χ0) is 30.9. The molecule has 2 atom stereocenters. The Bertz CT molecular complexity index is 1650. The molecule has 0 saturated heterocycles. The fourth-order valence-corrected chi connectivity index (χ4v) is 5.51. The molecule has 3 aromatic carbocycles. The number of esters is 1. The van der Waals surface area contributed by atoms with Crippen LogP contribution in [0.15, 0.2) is 24.3 Å². The number of rotatable bonds is 11. The van der Waals surface area contributed by atoms with Gasteiger partial charge in [0.05, 0.1) is 54.6 Å². The summed E-state index contributed by atoms with van der Waals surface area (Å²) in [5.74, 6) is -4.74. The van der Waals surface area contributed by atoms with E-state index in [4.69, 9.17) is 14.4 Å². The van der Waals surface area contributed by atoms with Crippen LogP contribution in [0.4, 0.5) is 5.69 Å². The van der Waals surface area contributed by atoms with Crippen molar-refractivity contribution in [1.29, 1.82) is 0 Å². The van der Waals surface area contributed by atoms with Gasteiger partial charge in [-0.2, -0.15) is 0 Å². The number of methoxy groups -OCH3 is 1. The number of carbonyl (C=O) groups excluding carboxylic acids is 3. The number of ketones is 2. The van der Waals surface area contributed by atoms with Gasteiger partial charge in [0.1, 0.15) is 23.4 Å². The molecular weight excluding hydrogens is 577 g/mol. The Morgan fingerprint density at radius 1 is 1.02 bits per heavy atom. The predicted octanol–water partition coefficient (Wildman–Crippen LogP) is 1.98. The van der Waals surface area contributed by atoms with E-state index in [9.17, 15) is 44.3 Å². The van der Waals surface area contributed by atoms with E-state index in [1.807, 2.05) is 0 Å². The first-order valence-corrected chi connectivity index (χ1v) is 14.1. The number of aliphatic hydroxyl groups is 2. The number of aliphatic hydroxyl groups excluding tert-OH is 2. The van der Waals surface area contributed by atoms with Crippen molar-refractivity contribution < 1.29 is 63.2 Å². The van der Waals surface area contributed by atoms with E-state index in [-0.39, 0.29) is 46.1 Å². The molecule has 0 amide bonds. The van der Waals surface area contributed by atoms with Crippen LogP contribution in [-0.2, 0) is 24.8 Å². The van der Waals surface area contributed by atoms with Gasteiger partial charge >= 0.3 is 13.8 Å². The number of phosphoric ester groups is 1. The number of ether oxygens (including phenoxy) is 1. The van der Waals surface area contributed by atoms with Crippen LogP contribution < -0.4 is 5.32 Å². The number of anilines is 1. The average Bonchev–Trinajstić information content (AvgIpc) is 2.97. The van der Waals surface area contributed by atoms with Crippen molar-refractivity contribution in [1.82, 2.24) is 0 Å². The number of aryl methyl sites for hydroxylation is 1. The van der Waals surface area contributed by atoms with Crippen LogP contribution in [0.3, 0.4) is 0 Å². The summed E-state index contributed by atoms with van der Waals surface area (Å²) >= 11 is 0. The van der Waals surface area contributed by atoms with E-state index in [1.165, 1.54) is 24.3 Å². The third kappa shape index (κ3) is 5.43. The second-order valence-electron chi connectivity index (χ2n) is 9.22. The van der Waals surface area contributed by atoms with Gasteiger partial charge in [0.25, 0.3) is 0 Å². The maximum atomic E-state index is 13.5. The van der Waals surface area contributed by atoms with Crippen molar-refractivity contribution >= 4 is 41.8 Å². The Morgan fingerprint density at radius 3 is 2.33 bits per heavy atom. The summed E-state index contributed by atoms with van der Waals surface area (Å²) < 4.78 is 26.4. The quantitative estimate of drug-likeness (QED) is 0.0561. The molecule has 0 saturated carbocycles. The number of phenols is 3. The summed E-state index contributed by atoms with van der Waals surface area (Å²) in [7, 11) is -3.51. The predicted molar refractivity (Wildman–Crippen MR) is 146 cm³/mol. The summed E-state index contributed by atoms with van der Waals surface area (Å²) in [6.45, 7) is -0.332. The van der Waals surface area contributed by atoms with Gasteiger partial charge in [0.2, 0.25) is 5.78 Å². The third-order valence-corrected chi connectivity index (χ3v) is 7.64. The molecule has 14 nitrogen and oxygen atoms in total. The number of carbonyl (C=O) groups is 3. The van der Waals surface area contributed by atoms with Crippen molar-refractivity contribution in [2.24, 2.45) is 0 Å². The van der Waals surface area contributed by atoms with Crippen molar-refractivity contribution in [3.8, 4) is 17.2 Å². The molecule has 7 N–H and O–H groups in total. The number of benzene rings is 3. The minimum atomic E-state index is -4.62. The lowest BCUT2D eigenvalue weighted by molar-refractivity contribution is 0.0368. The minimum absolute atomic E-state index is 0.0569. The number of fused-ring (bicyclic) bond motifs is 3. The molecule has 0 fully saturated rings. The normalized spacial score (nSPS) is 14.7. The topological polar surface area (TPSA) is 229 Å². The minimum Gasteiger partial charge on any atom is -0.507 e. The van der Waals surface area contributed by atoms with Crippen LogP contribution in [0.25, 0.3) is 10.8 Å². The van der Waals surface area contributed by atoms with Gasteiger partial charge in [-0.1, -0.05) is 19.1 Å². The van der Waals surface area contributed by atoms with E-state index < -0.39 is 79.7 Å². The lowest BCUT2D eigenvalue weighted by atomic mass is 9.79. The largest absolute Gasteiger partial charge is 0.507 e. The maximum Gasteiger partial charge on any atom is 0.472 e. The molecule has 0 spiro atoms. The molecule has 0 aliphatic heterocycles. The highest BCUT2D eigenvalue weighted by Crippen LogP contribution is 2.50. The summed E-state index contributed by atoms with van der Waals surface area (Å²) in [6.07, 6.45) is -1.18. The van der Waals surface area contributed by atoms with E-state index in [0.717, 1.165) is 7.11 Å². The number of aromatic hydroxyl groups is 3. The summed E-state index contributed by atoms with van der Waals surface area (Å²) in [5.41, 5.74) is -1.49. The first-order chi connectivity index (χ1) is 19.9. The third-order valence-electron chi connectivity index (χ3n) is 6.66. The Hall–Kier alpha value is -4.04. The smallest absolute Gasteiger partial charge is 0.472 e. The number of nitrogens with one attached hydrogen (secondary N) is 1. The van der Waals surface area contributed by atoms with Crippen LogP contribution in [-0.4, -0.2) is 87.5 Å². The maximum absolute atomic E-state index is 13.5. The second kappa shape index (κ2) is 12.1. The van der Waals surface area contributed by atoms with E-state index >= 15 is 0 Å². The molecule has 1 aliphatic rings. The Labute approximate surface area is 238 Å². The fourth-order valence-electron chi connectivity index (χ4n) is 4.75. The van der Waals surface area contributed by atoms with Gasteiger partial charge in [-0.3, -0.25) is 18.6 Å². The van der Waals surface area contributed by atoms with Crippen molar-refractivity contribution in [3.63, 3.8) is 0 Å². The van der Waals surface area contributed by atoms with E-state index in [2.05, 4.69) is 9.84 Å². The average molecular weight is 605 g/mol. The molecular formula is C27H28NO13P. The van der Waals surface area contributed by atoms with E-state index in [1.54, 1.807) is 6.92 Å². The molecule has 0 radical (unpaired) electrons. The molecule has 1 aliphatic carbocycles. The molecule has 42 heavy (non-hydrogen) atoms. The lowest BCUT2D eigenvalue weighted by Gasteiger charge is -2.24. The van der Waals surface area contributed by atoms with Gasteiger partial charge in [-0.05, 0) is 24.1 Å². The van der Waals surface area contributed by atoms with Crippen LogP contribution in [0.1, 0.15) is 54.7 Å². The number of hydrogen-bond acceptors (Lipinski definition) is 13. The molecule has 224 valence electrons. The number of phenolic OH excluding ortho intramolecular Hbond substituents is 3. The molecule has 2 unspecified atom stereocenters. The van der Waals surface area contributed by atoms with Crippen LogP contribution in [0.5, 0.6) is 17.2 Å². The molecule has 0 bridgehead atoms. The van der Waals surface area contributed by atoms with Gasteiger partial charge in [-0.15, -0.1) is 0 Å². The summed E-state index contributed by atoms with van der Waals surface area (Å²) in [5, 5.41) is 53.7. The van der Waals surface area contributed by atoms with Crippen molar-refractivity contribution in [2.45, 2.75) is 19.4 Å². The molecule has 0 heterocycles. The lowest BCUT2D eigenvalue weighted by Crippen LogP contribution is -2.22. The molecule has 3 aromatic rings. The highest BCUT2D eigenvalue weighted by atomic mass is 31.2. The standard InChI is InChI=1S/C27H28NO13P/c1-3-12-9-15(28-7-8-40-42(37,38)41-11-13(30)10-29)19-20(17(12)27(36)39-2)26(35)21-22(25(19)34)24(33)18-14(23(21)32)5-4-6-16(18)31/h4-6,9,13,28-31,34-35H,3,7-8,10-11H2,1-2H3,(H,37,38). The van der Waals surface area contributed by atoms with Crippen LogP contribution in [0.2, 0.25) is 0 Å². The van der Waals surface area contributed by atoms with E-state index in [0.29, 0.717) is 5.56 Å². The Morgan fingerprint density at radius 2 is 1.69 bits per heavy atom. The molecule has 4 rings (SSSR count). The second-order valence-corrected chi connectivity index (χ2v) is 10.7. The number of phosphoric acid groups is 1. The molecule has 15 heteroatoms. The first kappa shape index (κ1) is 30.9. The van der Waals surface area contributed by atoms with Crippen LogP contribution in [0, 0.1) is 0 Å². The summed E-state index contributed by atoms with van der Waals surface area (Å²) in [4.78, 5) is 49.6. The highest BCUT2D eigenvalue weighted by molar-refractivity contribution is 7.47. The monoisotopic (exact) mass is 605 g/mol. The highest BCUT2D eigenvalue weighted by Gasteiger charge is 2.39.